The van der Waals surface area contributed by atoms with Gasteiger partial charge in [0.1, 0.15) is 5.75 Å². The van der Waals surface area contributed by atoms with Crippen molar-refractivity contribution in [3.8, 4) is 17.1 Å². The second-order valence-electron chi connectivity index (χ2n) is 6.67. The largest absolute Gasteiger partial charge is 0.496 e. The van der Waals surface area contributed by atoms with Gasteiger partial charge < -0.3 is 14.6 Å². The highest BCUT2D eigenvalue weighted by Gasteiger charge is 2.23. The number of thioether (sulfide) groups is 1. The van der Waals surface area contributed by atoms with Crippen LogP contribution in [0.5, 0.6) is 5.75 Å². The Morgan fingerprint density at radius 1 is 1.27 bits per heavy atom. The van der Waals surface area contributed by atoms with Crippen molar-refractivity contribution in [1.29, 1.82) is 0 Å². The highest BCUT2D eigenvalue weighted by atomic mass is 32.2. The quantitative estimate of drug-likeness (QED) is 0.785. The van der Waals surface area contributed by atoms with E-state index in [1.165, 1.54) is 31.0 Å². The summed E-state index contributed by atoms with van der Waals surface area (Å²) in [5.74, 6) is 1.55. The van der Waals surface area contributed by atoms with E-state index in [0.29, 0.717) is 6.04 Å². The summed E-state index contributed by atoms with van der Waals surface area (Å²) in [6.07, 6.45) is 5.87. The number of para-hydroxylation sites is 1. The zero-order valence-electron chi connectivity index (χ0n) is 15.6. The molecule has 0 spiro atoms. The van der Waals surface area contributed by atoms with Gasteiger partial charge in [-0.2, -0.15) is 0 Å². The third-order valence-corrected chi connectivity index (χ3v) is 5.92. The number of nitrogens with zero attached hydrogens (tertiary/aromatic N) is 3. The summed E-state index contributed by atoms with van der Waals surface area (Å²) < 4.78 is 7.33. The molecule has 3 rings (SSSR count). The van der Waals surface area contributed by atoms with Gasteiger partial charge in [-0.3, -0.25) is 4.79 Å². The monoisotopic (exact) mass is 374 g/mol. The predicted molar refractivity (Wildman–Crippen MR) is 103 cm³/mol. The fourth-order valence-corrected chi connectivity index (χ4v) is 4.08. The first kappa shape index (κ1) is 18.8. The van der Waals surface area contributed by atoms with Crippen LogP contribution >= 0.6 is 11.8 Å². The molecule has 2 aromatic rings. The summed E-state index contributed by atoms with van der Waals surface area (Å²) in [5, 5.41) is 12.3. The topological polar surface area (TPSA) is 69.0 Å². The Morgan fingerprint density at radius 3 is 2.73 bits per heavy atom. The minimum Gasteiger partial charge on any atom is -0.496 e. The molecular weight excluding hydrogens is 348 g/mol. The van der Waals surface area contributed by atoms with Crippen molar-refractivity contribution in [2.45, 2.75) is 55.5 Å². The van der Waals surface area contributed by atoms with Gasteiger partial charge in [-0.15, -0.1) is 10.2 Å². The maximum absolute atomic E-state index is 12.5. The third kappa shape index (κ3) is 4.20. The van der Waals surface area contributed by atoms with E-state index in [2.05, 4.69) is 15.5 Å². The van der Waals surface area contributed by atoms with E-state index in [-0.39, 0.29) is 11.2 Å². The van der Waals surface area contributed by atoms with E-state index in [4.69, 9.17) is 4.74 Å². The van der Waals surface area contributed by atoms with Crippen molar-refractivity contribution in [2.24, 2.45) is 7.05 Å². The Hall–Kier alpha value is -2.02. The molecule has 7 heteroatoms. The zero-order chi connectivity index (χ0) is 18.5. The second kappa shape index (κ2) is 8.58. The van der Waals surface area contributed by atoms with Crippen molar-refractivity contribution in [3.63, 3.8) is 0 Å². The fraction of sp³-hybridized carbons (Fsp3) is 0.526. The van der Waals surface area contributed by atoms with Gasteiger partial charge in [-0.05, 0) is 31.9 Å². The van der Waals surface area contributed by atoms with Crippen LogP contribution in [0.15, 0.2) is 29.4 Å². The molecule has 1 amide bonds. The minimum absolute atomic E-state index is 0.0729. The van der Waals surface area contributed by atoms with Gasteiger partial charge in [0, 0.05) is 13.1 Å². The molecule has 1 unspecified atom stereocenters. The standard InChI is InChI=1S/C19H26N4O2S/c1-13(18(24)20-14-9-5-4-6-10-14)26-19-22-21-17(23(19)2)15-11-7-8-12-16(15)25-3/h7-8,11-14H,4-6,9-10H2,1-3H3,(H,20,24). The summed E-state index contributed by atoms with van der Waals surface area (Å²) in [7, 11) is 3.55. The molecule has 26 heavy (non-hydrogen) atoms. The maximum Gasteiger partial charge on any atom is 0.233 e. The molecule has 140 valence electrons. The van der Waals surface area contributed by atoms with Gasteiger partial charge in [-0.25, -0.2) is 0 Å². The normalized spacial score (nSPS) is 16.3. The average molecular weight is 375 g/mol. The number of aromatic nitrogens is 3. The smallest absolute Gasteiger partial charge is 0.233 e. The zero-order valence-corrected chi connectivity index (χ0v) is 16.4. The van der Waals surface area contributed by atoms with Gasteiger partial charge in [0.05, 0.1) is 17.9 Å². The molecule has 1 aromatic heterocycles. The van der Waals surface area contributed by atoms with Crippen molar-refractivity contribution < 1.29 is 9.53 Å². The first-order valence-corrected chi connectivity index (χ1v) is 9.98. The van der Waals surface area contributed by atoms with Gasteiger partial charge in [0.2, 0.25) is 5.91 Å². The first-order chi connectivity index (χ1) is 12.6. The van der Waals surface area contributed by atoms with E-state index in [0.717, 1.165) is 35.1 Å². The maximum atomic E-state index is 12.5. The van der Waals surface area contributed by atoms with Gasteiger partial charge >= 0.3 is 0 Å². The third-order valence-electron chi connectivity index (χ3n) is 4.79. The van der Waals surface area contributed by atoms with Crippen molar-refractivity contribution >= 4 is 17.7 Å². The molecule has 1 saturated carbocycles. The number of amides is 1. The van der Waals surface area contributed by atoms with E-state index < -0.39 is 0 Å². The molecule has 1 heterocycles. The molecule has 1 N–H and O–H groups in total. The number of ether oxygens (including phenoxy) is 1. The Bertz CT molecular complexity index is 756. The van der Waals surface area contributed by atoms with Crippen molar-refractivity contribution in [1.82, 2.24) is 20.1 Å². The number of hydrogen-bond donors (Lipinski definition) is 1. The Balaban J connectivity index is 1.68. The highest BCUT2D eigenvalue weighted by molar-refractivity contribution is 8.00. The number of hydrogen-bond acceptors (Lipinski definition) is 5. The van der Waals surface area contributed by atoms with Crippen LogP contribution in [0.25, 0.3) is 11.4 Å². The number of nitrogens with one attached hydrogen (secondary N) is 1. The van der Waals surface area contributed by atoms with Crippen LogP contribution in [0.1, 0.15) is 39.0 Å². The average Bonchev–Trinajstić information content (AvgIpc) is 3.02. The molecule has 0 bridgehead atoms. The number of methoxy groups -OCH3 is 1. The molecule has 1 fully saturated rings. The predicted octanol–water partition coefficient (Wildman–Crippen LogP) is 3.42. The van der Waals surface area contributed by atoms with Crippen LogP contribution in [-0.4, -0.2) is 39.1 Å². The van der Waals surface area contributed by atoms with E-state index >= 15 is 0 Å². The van der Waals surface area contributed by atoms with E-state index in [1.54, 1.807) is 7.11 Å². The number of carbonyl (C=O) groups excluding carboxylic acids is 1. The summed E-state index contributed by atoms with van der Waals surface area (Å²) in [6.45, 7) is 1.92. The van der Waals surface area contributed by atoms with Crippen molar-refractivity contribution in [2.75, 3.05) is 7.11 Å². The summed E-state index contributed by atoms with van der Waals surface area (Å²) in [6, 6.07) is 8.04. The van der Waals surface area contributed by atoms with Crippen LogP contribution in [0.3, 0.4) is 0 Å². The molecule has 6 nitrogen and oxygen atoms in total. The molecule has 1 atom stereocenters. The van der Waals surface area contributed by atoms with E-state index in [1.807, 2.05) is 42.8 Å². The lowest BCUT2D eigenvalue weighted by Gasteiger charge is -2.24. The molecule has 1 aliphatic carbocycles. The summed E-state index contributed by atoms with van der Waals surface area (Å²) in [4.78, 5) is 12.5. The van der Waals surface area contributed by atoms with Crippen LogP contribution < -0.4 is 10.1 Å². The SMILES string of the molecule is COc1ccccc1-c1nnc(SC(C)C(=O)NC2CCCCC2)n1C. The fourth-order valence-electron chi connectivity index (χ4n) is 3.26. The lowest BCUT2D eigenvalue weighted by molar-refractivity contribution is -0.121. The molecule has 0 radical (unpaired) electrons. The molecular formula is C19H26N4O2S. The second-order valence-corrected chi connectivity index (χ2v) is 7.98. The Kier molecular flexibility index (Phi) is 6.19. The Morgan fingerprint density at radius 2 is 2.00 bits per heavy atom. The summed E-state index contributed by atoms with van der Waals surface area (Å²) >= 11 is 1.43. The highest BCUT2D eigenvalue weighted by Crippen LogP contribution is 2.31. The summed E-state index contributed by atoms with van der Waals surface area (Å²) in [5.41, 5.74) is 0.885. The van der Waals surface area contributed by atoms with Gasteiger partial charge in [0.15, 0.2) is 11.0 Å². The number of carbonyl (C=O) groups is 1. The lowest BCUT2D eigenvalue weighted by Crippen LogP contribution is -2.40. The first-order valence-electron chi connectivity index (χ1n) is 9.10. The molecule has 0 saturated heterocycles. The van der Waals surface area contributed by atoms with E-state index in [9.17, 15) is 4.79 Å². The number of rotatable bonds is 6. The molecule has 0 aliphatic heterocycles. The minimum atomic E-state index is -0.217. The Labute approximate surface area is 158 Å². The molecule has 1 aromatic carbocycles. The number of benzene rings is 1. The van der Waals surface area contributed by atoms with Crippen LogP contribution in [0.4, 0.5) is 0 Å². The lowest BCUT2D eigenvalue weighted by atomic mass is 9.95. The van der Waals surface area contributed by atoms with Crippen LogP contribution in [-0.2, 0) is 11.8 Å². The van der Waals surface area contributed by atoms with Crippen LogP contribution in [0.2, 0.25) is 0 Å². The van der Waals surface area contributed by atoms with Crippen molar-refractivity contribution in [3.05, 3.63) is 24.3 Å². The molecule has 1 aliphatic rings. The van der Waals surface area contributed by atoms with Gasteiger partial charge in [-0.1, -0.05) is 43.2 Å². The van der Waals surface area contributed by atoms with Crippen LogP contribution in [0, 0.1) is 0 Å². The van der Waals surface area contributed by atoms with Gasteiger partial charge in [0.25, 0.3) is 0 Å².